The van der Waals surface area contributed by atoms with Gasteiger partial charge in [-0.2, -0.15) is 0 Å². The van der Waals surface area contributed by atoms with Crippen molar-refractivity contribution in [3.05, 3.63) is 118 Å². The molecule has 4 atom stereocenters. The SMILES string of the molecule is C1=CCC(N2C3=CC=C(C4=CC5=C(CC4)C4C=CC=CC4N5)CC3C3=C2CCC=C3)C=C1. The Balaban J connectivity index is 1.22. The molecular weight excluding hydrogens is 388 g/mol. The summed E-state index contributed by atoms with van der Waals surface area (Å²) in [6.45, 7) is 0. The lowest BCUT2D eigenvalue weighted by atomic mass is 9.79. The van der Waals surface area contributed by atoms with Crippen molar-refractivity contribution in [1.29, 1.82) is 0 Å². The molecule has 2 nitrogen and oxygen atoms in total. The van der Waals surface area contributed by atoms with Crippen LogP contribution in [0, 0.1) is 11.8 Å². The number of hydrogen-bond donors (Lipinski definition) is 1. The Morgan fingerprint density at radius 2 is 1.81 bits per heavy atom. The normalized spacial score (nSPS) is 34.0. The predicted molar refractivity (Wildman–Crippen MR) is 131 cm³/mol. The quantitative estimate of drug-likeness (QED) is 0.565. The van der Waals surface area contributed by atoms with Crippen molar-refractivity contribution in [2.45, 2.75) is 50.6 Å². The summed E-state index contributed by atoms with van der Waals surface area (Å²) in [4.78, 5) is 2.68. The van der Waals surface area contributed by atoms with Gasteiger partial charge in [0.1, 0.15) is 0 Å². The summed E-state index contributed by atoms with van der Waals surface area (Å²) < 4.78 is 0. The zero-order valence-electron chi connectivity index (χ0n) is 18.5. The first-order valence-corrected chi connectivity index (χ1v) is 12.4. The highest BCUT2D eigenvalue weighted by atomic mass is 15.2. The fraction of sp³-hybridized carbons (Fsp3) is 0.333. The van der Waals surface area contributed by atoms with Gasteiger partial charge in [0.05, 0.1) is 12.1 Å². The van der Waals surface area contributed by atoms with Crippen LogP contribution in [0.5, 0.6) is 0 Å². The number of nitrogens with one attached hydrogen (secondary N) is 1. The molecule has 0 bridgehead atoms. The number of allylic oxidation sites excluding steroid dienone is 13. The average molecular weight is 419 g/mol. The van der Waals surface area contributed by atoms with Gasteiger partial charge in [0.2, 0.25) is 0 Å². The van der Waals surface area contributed by atoms with E-state index in [1.807, 2.05) is 0 Å². The maximum atomic E-state index is 3.79. The molecule has 1 N–H and O–H groups in total. The molecule has 0 radical (unpaired) electrons. The van der Waals surface area contributed by atoms with Crippen LogP contribution >= 0.6 is 0 Å². The van der Waals surface area contributed by atoms with Crippen molar-refractivity contribution in [3.63, 3.8) is 0 Å². The zero-order valence-corrected chi connectivity index (χ0v) is 18.5. The summed E-state index contributed by atoms with van der Waals surface area (Å²) >= 11 is 0. The van der Waals surface area contributed by atoms with E-state index in [9.17, 15) is 0 Å². The maximum absolute atomic E-state index is 3.79. The number of nitrogens with zero attached hydrogens (tertiary/aromatic N) is 1. The summed E-state index contributed by atoms with van der Waals surface area (Å²) in [6.07, 6.45) is 37.3. The Bertz CT molecular complexity index is 1170. The molecule has 0 amide bonds. The molecule has 7 rings (SSSR count). The Morgan fingerprint density at radius 3 is 2.75 bits per heavy atom. The summed E-state index contributed by atoms with van der Waals surface area (Å²) in [7, 11) is 0. The second-order valence-electron chi connectivity index (χ2n) is 9.94. The van der Waals surface area contributed by atoms with Crippen LogP contribution in [0.15, 0.2) is 118 Å². The topological polar surface area (TPSA) is 15.3 Å². The van der Waals surface area contributed by atoms with Gasteiger partial charge < -0.3 is 10.2 Å². The van der Waals surface area contributed by atoms with Gasteiger partial charge >= 0.3 is 0 Å². The molecule has 0 aromatic rings. The largest absolute Gasteiger partial charge is 0.378 e. The predicted octanol–water partition coefficient (Wildman–Crippen LogP) is 6.31. The van der Waals surface area contributed by atoms with E-state index in [0.29, 0.717) is 23.9 Å². The molecule has 2 heterocycles. The lowest BCUT2D eigenvalue weighted by molar-refractivity contribution is 0.347. The summed E-state index contributed by atoms with van der Waals surface area (Å²) in [5.74, 6) is 1.07. The number of fused-ring (bicyclic) bond motifs is 4. The van der Waals surface area contributed by atoms with Crippen LogP contribution in [0.3, 0.4) is 0 Å². The van der Waals surface area contributed by atoms with E-state index >= 15 is 0 Å². The van der Waals surface area contributed by atoms with Crippen LogP contribution in [0.1, 0.15) is 38.5 Å². The van der Waals surface area contributed by atoms with Gasteiger partial charge in [0.25, 0.3) is 0 Å². The van der Waals surface area contributed by atoms with Crippen LogP contribution < -0.4 is 5.32 Å². The van der Waals surface area contributed by atoms with Crippen molar-refractivity contribution in [2.24, 2.45) is 11.8 Å². The van der Waals surface area contributed by atoms with E-state index < -0.39 is 0 Å². The second kappa shape index (κ2) is 7.27. The van der Waals surface area contributed by atoms with Gasteiger partial charge in [-0.3, -0.25) is 0 Å². The molecular formula is C30H30N2. The van der Waals surface area contributed by atoms with Crippen LogP contribution in [0.2, 0.25) is 0 Å². The third-order valence-electron chi connectivity index (χ3n) is 8.25. The molecule has 0 aromatic heterocycles. The van der Waals surface area contributed by atoms with Crippen LogP contribution in [-0.4, -0.2) is 17.0 Å². The molecule has 0 aromatic carbocycles. The van der Waals surface area contributed by atoms with E-state index in [1.165, 1.54) is 37.1 Å². The average Bonchev–Trinajstić information content (AvgIpc) is 3.39. The van der Waals surface area contributed by atoms with Crippen molar-refractivity contribution >= 4 is 0 Å². The number of rotatable bonds is 2. The van der Waals surface area contributed by atoms with Gasteiger partial charge in [-0.15, -0.1) is 0 Å². The van der Waals surface area contributed by atoms with E-state index in [4.69, 9.17) is 0 Å². The van der Waals surface area contributed by atoms with Crippen molar-refractivity contribution in [1.82, 2.24) is 10.2 Å². The van der Waals surface area contributed by atoms with Crippen LogP contribution in [-0.2, 0) is 0 Å². The molecule has 0 saturated heterocycles. The van der Waals surface area contributed by atoms with Crippen molar-refractivity contribution in [2.75, 3.05) is 0 Å². The molecule has 7 aliphatic rings. The molecule has 0 spiro atoms. The molecule has 2 heteroatoms. The van der Waals surface area contributed by atoms with Crippen molar-refractivity contribution < 1.29 is 0 Å². The third-order valence-corrected chi connectivity index (χ3v) is 8.25. The summed E-state index contributed by atoms with van der Waals surface area (Å²) in [5.41, 5.74) is 10.7. The highest BCUT2D eigenvalue weighted by Crippen LogP contribution is 2.50. The molecule has 2 aliphatic heterocycles. The Morgan fingerprint density at radius 1 is 0.875 bits per heavy atom. The summed E-state index contributed by atoms with van der Waals surface area (Å²) in [6, 6.07) is 0.921. The standard InChI is InChI=1S/C30H30N2/c1-2-8-22(9-3-1)32-29-13-7-5-11-25(29)26-18-20(15-17-30(26)32)21-14-16-24-23-10-4-6-12-27(23)31-28(24)19-21/h1-6,8,10-12,15,17,19,22-23,26-27,31H,7,9,13-14,16,18H2. The van der Waals surface area contributed by atoms with Crippen LogP contribution in [0.25, 0.3) is 0 Å². The Labute approximate surface area is 191 Å². The fourth-order valence-corrected chi connectivity index (χ4v) is 6.74. The lowest BCUT2D eigenvalue weighted by Gasteiger charge is -2.34. The molecule has 0 saturated carbocycles. The molecule has 160 valence electrons. The van der Waals surface area contributed by atoms with Gasteiger partial charge in [-0.25, -0.2) is 0 Å². The highest BCUT2D eigenvalue weighted by molar-refractivity contribution is 5.54. The molecule has 0 fully saturated rings. The first kappa shape index (κ1) is 18.6. The highest BCUT2D eigenvalue weighted by Gasteiger charge is 2.40. The molecule has 32 heavy (non-hydrogen) atoms. The van der Waals surface area contributed by atoms with Gasteiger partial charge in [-0.05, 0) is 73.0 Å². The van der Waals surface area contributed by atoms with Gasteiger partial charge in [0, 0.05) is 28.9 Å². The molecule has 4 unspecified atom stereocenters. The van der Waals surface area contributed by atoms with E-state index in [-0.39, 0.29) is 0 Å². The van der Waals surface area contributed by atoms with Gasteiger partial charge in [0.15, 0.2) is 0 Å². The van der Waals surface area contributed by atoms with Gasteiger partial charge in [-0.1, -0.05) is 66.8 Å². The Kier molecular flexibility index (Phi) is 4.21. The van der Waals surface area contributed by atoms with E-state index in [1.54, 1.807) is 28.0 Å². The number of hydrogen-bond acceptors (Lipinski definition) is 2. The minimum atomic E-state index is 0.452. The second-order valence-corrected chi connectivity index (χ2v) is 9.94. The first-order chi connectivity index (χ1) is 15.9. The molecule has 5 aliphatic carbocycles. The summed E-state index contributed by atoms with van der Waals surface area (Å²) in [5, 5.41) is 3.79. The zero-order chi connectivity index (χ0) is 21.1. The third kappa shape index (κ3) is 2.78. The lowest BCUT2D eigenvalue weighted by Crippen LogP contribution is -2.32. The minimum Gasteiger partial charge on any atom is -0.378 e. The first-order valence-electron chi connectivity index (χ1n) is 12.4. The van der Waals surface area contributed by atoms with E-state index in [2.05, 4.69) is 89.2 Å². The van der Waals surface area contributed by atoms with Crippen LogP contribution in [0.4, 0.5) is 0 Å². The minimum absolute atomic E-state index is 0.452. The Hall–Kier alpha value is -3.00. The smallest absolute Gasteiger partial charge is 0.0553 e. The maximum Gasteiger partial charge on any atom is 0.0553 e. The fourth-order valence-electron chi connectivity index (χ4n) is 6.74. The van der Waals surface area contributed by atoms with E-state index in [0.717, 1.165) is 12.8 Å². The monoisotopic (exact) mass is 418 g/mol. The van der Waals surface area contributed by atoms with Crippen molar-refractivity contribution in [3.8, 4) is 0 Å².